The highest BCUT2D eigenvalue weighted by Crippen LogP contribution is 2.28. The van der Waals surface area contributed by atoms with Crippen LogP contribution >= 0.6 is 11.6 Å². The molecule has 4 rings (SSSR count). The number of fused-ring (bicyclic) bond motifs is 1. The van der Waals surface area contributed by atoms with E-state index in [-0.39, 0.29) is 11.9 Å². The lowest BCUT2D eigenvalue weighted by atomic mass is 9.90. The number of aryl methyl sites for hydroxylation is 1. The van der Waals surface area contributed by atoms with Crippen LogP contribution in [0.2, 0.25) is 5.02 Å². The van der Waals surface area contributed by atoms with Gasteiger partial charge in [-0.1, -0.05) is 30.7 Å². The van der Waals surface area contributed by atoms with Crippen molar-refractivity contribution in [1.82, 2.24) is 10.3 Å². The van der Waals surface area contributed by atoms with Crippen LogP contribution in [0.5, 0.6) is 0 Å². The Balaban J connectivity index is 1.33. The number of carbonyl (C=O) groups is 1. The van der Waals surface area contributed by atoms with E-state index in [1.165, 1.54) is 5.56 Å². The van der Waals surface area contributed by atoms with Crippen molar-refractivity contribution in [2.24, 2.45) is 0 Å². The van der Waals surface area contributed by atoms with Crippen LogP contribution in [0.15, 0.2) is 54.7 Å². The van der Waals surface area contributed by atoms with Gasteiger partial charge in [-0.05, 0) is 74.1 Å². The quantitative estimate of drug-likeness (QED) is 0.578. The van der Waals surface area contributed by atoms with E-state index in [4.69, 9.17) is 11.6 Å². The molecule has 1 fully saturated rings. The molecule has 5 heteroatoms. The highest BCUT2D eigenvalue weighted by atomic mass is 35.5. The fraction of sp³-hybridized carbons (Fsp3) is 0.333. The summed E-state index contributed by atoms with van der Waals surface area (Å²) in [6, 6.07) is 16.4. The SMILES string of the molecule is CCc1ccc(C(=O)NC2CCC(Nc3ccnc4cc(Cl)ccc34)CC2)cc1. The Morgan fingerprint density at radius 2 is 1.76 bits per heavy atom. The van der Waals surface area contributed by atoms with Crippen molar-refractivity contribution in [3.8, 4) is 0 Å². The number of carbonyl (C=O) groups excluding carboxylic acids is 1. The molecule has 0 radical (unpaired) electrons. The van der Waals surface area contributed by atoms with Gasteiger partial charge in [0.15, 0.2) is 0 Å². The topological polar surface area (TPSA) is 54.0 Å². The predicted molar refractivity (Wildman–Crippen MR) is 120 cm³/mol. The molecular formula is C24H26ClN3O. The lowest BCUT2D eigenvalue weighted by molar-refractivity contribution is 0.0926. The minimum Gasteiger partial charge on any atom is -0.382 e. The van der Waals surface area contributed by atoms with Crippen LogP contribution < -0.4 is 10.6 Å². The number of aromatic nitrogens is 1. The van der Waals surface area contributed by atoms with E-state index in [1.807, 2.05) is 54.7 Å². The van der Waals surface area contributed by atoms with Gasteiger partial charge in [-0.3, -0.25) is 9.78 Å². The normalized spacial score (nSPS) is 19.1. The third-order valence-electron chi connectivity index (χ3n) is 5.75. The zero-order valence-electron chi connectivity index (χ0n) is 16.6. The molecule has 3 aromatic rings. The summed E-state index contributed by atoms with van der Waals surface area (Å²) >= 11 is 6.08. The van der Waals surface area contributed by atoms with Gasteiger partial charge in [-0.25, -0.2) is 0 Å². The number of hydrogen-bond donors (Lipinski definition) is 2. The Bertz CT molecular complexity index is 995. The summed E-state index contributed by atoms with van der Waals surface area (Å²) < 4.78 is 0. The van der Waals surface area contributed by atoms with Gasteiger partial charge >= 0.3 is 0 Å². The van der Waals surface area contributed by atoms with Gasteiger partial charge in [-0.2, -0.15) is 0 Å². The first-order chi connectivity index (χ1) is 14.1. The Kier molecular flexibility index (Phi) is 6.00. The number of nitrogens with one attached hydrogen (secondary N) is 2. The number of rotatable bonds is 5. The minimum absolute atomic E-state index is 0.0288. The molecule has 29 heavy (non-hydrogen) atoms. The van der Waals surface area contributed by atoms with Gasteiger partial charge in [0.2, 0.25) is 0 Å². The minimum atomic E-state index is 0.0288. The number of amides is 1. The van der Waals surface area contributed by atoms with Crippen molar-refractivity contribution in [3.05, 3.63) is 70.9 Å². The third-order valence-corrected chi connectivity index (χ3v) is 5.99. The molecule has 150 valence electrons. The Morgan fingerprint density at radius 1 is 1.03 bits per heavy atom. The average Bonchev–Trinajstić information content (AvgIpc) is 2.75. The maximum absolute atomic E-state index is 12.5. The van der Waals surface area contributed by atoms with Crippen molar-refractivity contribution < 1.29 is 4.79 Å². The summed E-state index contributed by atoms with van der Waals surface area (Å²) in [5, 5.41) is 8.65. The second-order valence-electron chi connectivity index (χ2n) is 7.74. The van der Waals surface area contributed by atoms with Crippen LogP contribution in [-0.4, -0.2) is 23.0 Å². The van der Waals surface area contributed by atoms with E-state index in [2.05, 4.69) is 22.5 Å². The standard InChI is InChI=1S/C24H26ClN3O/c1-2-16-3-5-17(6-4-16)24(29)28-20-10-8-19(9-11-20)27-22-13-14-26-23-15-18(25)7-12-21(22)23/h3-7,12-15,19-20H,2,8-11H2,1H3,(H,26,27)(H,28,29). The van der Waals surface area contributed by atoms with E-state index in [1.54, 1.807) is 0 Å². The van der Waals surface area contributed by atoms with Crippen LogP contribution in [0.4, 0.5) is 5.69 Å². The van der Waals surface area contributed by atoms with Gasteiger partial charge in [0.25, 0.3) is 5.91 Å². The number of halogens is 1. The molecule has 2 aromatic carbocycles. The molecule has 0 bridgehead atoms. The Labute approximate surface area is 176 Å². The summed E-state index contributed by atoms with van der Waals surface area (Å²) in [7, 11) is 0. The molecule has 1 heterocycles. The lowest BCUT2D eigenvalue weighted by Crippen LogP contribution is -2.40. The van der Waals surface area contributed by atoms with Gasteiger partial charge in [0.05, 0.1) is 5.52 Å². The molecular weight excluding hydrogens is 382 g/mol. The van der Waals surface area contributed by atoms with Gasteiger partial charge in [0.1, 0.15) is 0 Å². The first-order valence-corrected chi connectivity index (χ1v) is 10.7. The maximum atomic E-state index is 12.5. The van der Waals surface area contributed by atoms with Crippen LogP contribution in [0, 0.1) is 0 Å². The van der Waals surface area contributed by atoms with E-state index < -0.39 is 0 Å². The predicted octanol–water partition coefficient (Wildman–Crippen LogP) is 5.60. The Hall–Kier alpha value is -2.59. The molecule has 1 saturated carbocycles. The summed E-state index contributed by atoms with van der Waals surface area (Å²) in [6.07, 6.45) is 6.81. The number of hydrogen-bond acceptors (Lipinski definition) is 3. The van der Waals surface area contributed by atoms with E-state index >= 15 is 0 Å². The molecule has 0 atom stereocenters. The smallest absolute Gasteiger partial charge is 0.251 e. The van der Waals surface area contributed by atoms with Crippen LogP contribution in [0.25, 0.3) is 10.9 Å². The number of benzene rings is 2. The molecule has 4 nitrogen and oxygen atoms in total. The summed E-state index contributed by atoms with van der Waals surface area (Å²) in [5.74, 6) is 0.0288. The zero-order valence-corrected chi connectivity index (χ0v) is 17.4. The Morgan fingerprint density at radius 3 is 2.48 bits per heavy atom. The summed E-state index contributed by atoms with van der Waals surface area (Å²) in [4.78, 5) is 16.9. The van der Waals surface area contributed by atoms with Crippen LogP contribution in [0.3, 0.4) is 0 Å². The summed E-state index contributed by atoms with van der Waals surface area (Å²) in [6.45, 7) is 2.12. The van der Waals surface area contributed by atoms with Crippen molar-refractivity contribution in [2.45, 2.75) is 51.1 Å². The molecule has 0 saturated heterocycles. The maximum Gasteiger partial charge on any atom is 0.251 e. The largest absolute Gasteiger partial charge is 0.382 e. The third kappa shape index (κ3) is 4.70. The van der Waals surface area contributed by atoms with Gasteiger partial charge in [0, 0.05) is 39.9 Å². The molecule has 1 aliphatic rings. The fourth-order valence-corrected chi connectivity index (χ4v) is 4.18. The number of nitrogens with zero attached hydrogens (tertiary/aromatic N) is 1. The molecule has 0 aliphatic heterocycles. The van der Waals surface area contributed by atoms with E-state index in [0.29, 0.717) is 11.1 Å². The van der Waals surface area contributed by atoms with Crippen molar-refractivity contribution >= 4 is 34.1 Å². The fourth-order valence-electron chi connectivity index (χ4n) is 4.01. The van der Waals surface area contributed by atoms with Crippen molar-refractivity contribution in [3.63, 3.8) is 0 Å². The van der Waals surface area contributed by atoms with E-state index in [9.17, 15) is 4.79 Å². The van der Waals surface area contributed by atoms with Crippen LogP contribution in [-0.2, 0) is 6.42 Å². The molecule has 0 unspecified atom stereocenters. The molecule has 1 amide bonds. The number of pyridine rings is 1. The van der Waals surface area contributed by atoms with E-state index in [0.717, 1.165) is 54.3 Å². The van der Waals surface area contributed by atoms with Crippen LogP contribution in [0.1, 0.15) is 48.5 Å². The average molecular weight is 408 g/mol. The monoisotopic (exact) mass is 407 g/mol. The van der Waals surface area contributed by atoms with Gasteiger partial charge < -0.3 is 10.6 Å². The van der Waals surface area contributed by atoms with Crippen molar-refractivity contribution in [2.75, 3.05) is 5.32 Å². The molecule has 0 spiro atoms. The first kappa shape index (κ1) is 19.7. The van der Waals surface area contributed by atoms with Crippen molar-refractivity contribution in [1.29, 1.82) is 0 Å². The highest BCUT2D eigenvalue weighted by Gasteiger charge is 2.23. The molecule has 2 N–H and O–H groups in total. The first-order valence-electron chi connectivity index (χ1n) is 10.3. The molecule has 1 aliphatic carbocycles. The second-order valence-corrected chi connectivity index (χ2v) is 8.17. The van der Waals surface area contributed by atoms with Gasteiger partial charge in [-0.15, -0.1) is 0 Å². The number of anilines is 1. The zero-order chi connectivity index (χ0) is 20.2. The second kappa shape index (κ2) is 8.83. The highest BCUT2D eigenvalue weighted by molar-refractivity contribution is 6.31. The summed E-state index contributed by atoms with van der Waals surface area (Å²) in [5.41, 5.74) is 3.98. The lowest BCUT2D eigenvalue weighted by Gasteiger charge is -2.30. The molecule has 1 aromatic heterocycles.